The molecular formula is C106H170Cl2N4O26S2. The lowest BCUT2D eigenvalue weighted by Gasteiger charge is -2.43. The number of sulfonamides is 2. The van der Waals surface area contributed by atoms with Gasteiger partial charge in [0.25, 0.3) is 23.4 Å². The van der Waals surface area contributed by atoms with Crippen molar-refractivity contribution in [1.82, 2.24) is 19.2 Å². The van der Waals surface area contributed by atoms with Crippen molar-refractivity contribution in [2.45, 2.75) is 386 Å². The Bertz CT molecular complexity index is 4230. The second kappa shape index (κ2) is 58.2. The summed E-state index contributed by atoms with van der Waals surface area (Å²) in [6.07, 6.45) is 26.1. The van der Waals surface area contributed by atoms with Gasteiger partial charge in [-0.1, -0.05) is 153 Å². The number of aliphatic hydroxyl groups excluding tert-OH is 4. The van der Waals surface area contributed by atoms with Gasteiger partial charge in [0, 0.05) is 89.0 Å². The standard InChI is InChI=1S/2C53H85ClN2O13S/c2*1-33-16-11-10-12-17-35(3)42(55-70(64,65)27-15-25-54)32-41-22-20-39(7)53(63,69-41)50(60)51(61)56-26-14-13-18-43(56)52(62)68-45(36(4)30-40-21-23-44(57)46(31-40)66-8)24-19-34(2)29-38(6)48(59)49(67-9)47(58)37(5)28-33/h2*10-12,16-17,29,33-34,36-37,39-46,48-49,55,57,59,63H,13-15,18-28,30-32H2,1-9H3/b2*12-10+,16-11+,35-17+,38-29+/t33-,34+,36-,37-,39-,40+,41+,42+,43+,44-,45+,46-,48-,49+,53-;33-,34+,36-,37-,39-,40+,41+,42-,43+,44-,45+,46-,48-,49+,53-/m11/s1. The van der Waals surface area contributed by atoms with Crippen LogP contribution in [0.3, 0.4) is 0 Å². The molecule has 2 aliphatic carbocycles. The molecule has 2 amide bonds. The van der Waals surface area contributed by atoms with Gasteiger partial charge in [-0.05, 0) is 266 Å². The first-order valence-corrected chi connectivity index (χ1v) is 55.8. The Morgan fingerprint density at radius 1 is 0.443 bits per heavy atom. The van der Waals surface area contributed by atoms with Gasteiger partial charge in [0.2, 0.25) is 31.6 Å². The number of hydrogen-bond donors (Lipinski definition) is 8. The zero-order chi connectivity index (χ0) is 104. The third-order valence-electron chi connectivity index (χ3n) is 30.3. The molecule has 0 unspecified atom stereocenters. The van der Waals surface area contributed by atoms with Gasteiger partial charge in [-0.15, -0.1) is 23.2 Å². The van der Waals surface area contributed by atoms with E-state index in [9.17, 15) is 85.8 Å². The fourth-order valence-electron chi connectivity index (χ4n) is 21.4. The number of Topliss-reactive ketones (excluding diaryl/α,β-unsaturated/α-hetero) is 4. The van der Waals surface area contributed by atoms with Gasteiger partial charge >= 0.3 is 11.9 Å². The largest absolute Gasteiger partial charge is 0.461 e. The molecule has 0 radical (unpaired) electrons. The van der Waals surface area contributed by atoms with E-state index in [1.165, 1.54) is 24.0 Å². The number of hydrogen-bond acceptors (Lipinski definition) is 26. The van der Waals surface area contributed by atoms with Crippen LogP contribution in [0.2, 0.25) is 0 Å². The number of amides is 2. The van der Waals surface area contributed by atoms with Crippen molar-refractivity contribution in [3.63, 3.8) is 0 Å². The molecule has 6 heterocycles. The van der Waals surface area contributed by atoms with E-state index in [-0.39, 0.29) is 146 Å². The third kappa shape index (κ3) is 35.9. The summed E-state index contributed by atoms with van der Waals surface area (Å²) >= 11 is 11.7. The molecule has 796 valence electrons. The molecule has 4 saturated heterocycles. The molecule has 4 bridgehead atoms. The molecule has 2 saturated carbocycles. The predicted molar refractivity (Wildman–Crippen MR) is 540 cm³/mol. The van der Waals surface area contributed by atoms with E-state index >= 15 is 0 Å². The second-order valence-corrected chi connectivity index (χ2v) is 46.5. The smallest absolute Gasteiger partial charge is 0.329 e. The van der Waals surface area contributed by atoms with Crippen LogP contribution >= 0.6 is 23.2 Å². The maximum absolute atomic E-state index is 14.5. The number of allylic oxidation sites excluding steroid dienone is 12. The van der Waals surface area contributed by atoms with E-state index in [1.54, 1.807) is 92.2 Å². The molecule has 0 spiro atoms. The van der Waals surface area contributed by atoms with Crippen molar-refractivity contribution in [3.05, 3.63) is 95.2 Å². The van der Waals surface area contributed by atoms with Crippen molar-refractivity contribution in [3.8, 4) is 0 Å². The van der Waals surface area contributed by atoms with Crippen LogP contribution in [0.1, 0.15) is 277 Å². The van der Waals surface area contributed by atoms with E-state index < -0.39 is 176 Å². The number of piperidine rings is 2. The first-order valence-electron chi connectivity index (χ1n) is 51.4. The molecule has 8 rings (SSSR count). The van der Waals surface area contributed by atoms with E-state index in [0.29, 0.717) is 151 Å². The van der Waals surface area contributed by atoms with E-state index in [4.69, 9.17) is 61.1 Å². The van der Waals surface area contributed by atoms with Gasteiger partial charge in [0.1, 0.15) is 48.7 Å². The Balaban J connectivity index is 0.000000381. The summed E-state index contributed by atoms with van der Waals surface area (Å²) in [5, 5.41) is 68.2. The first-order chi connectivity index (χ1) is 66.1. The minimum atomic E-state index is -3.82. The summed E-state index contributed by atoms with van der Waals surface area (Å²) in [5.74, 6) is -14.0. The van der Waals surface area contributed by atoms with Gasteiger partial charge in [-0.3, -0.25) is 28.8 Å². The molecule has 34 heteroatoms. The van der Waals surface area contributed by atoms with Crippen LogP contribution in [-0.2, 0) is 96.3 Å². The number of halogens is 2. The first kappa shape index (κ1) is 121. The zero-order valence-corrected chi connectivity index (χ0v) is 89.6. The van der Waals surface area contributed by atoms with E-state index in [0.717, 1.165) is 12.8 Å². The average molecular weight is 2050 g/mol. The lowest BCUT2D eigenvalue weighted by atomic mass is 9.78. The highest BCUT2D eigenvalue weighted by Crippen LogP contribution is 2.42. The maximum Gasteiger partial charge on any atom is 0.329 e. The molecular weight excluding hydrogens is 1880 g/mol. The Morgan fingerprint density at radius 3 is 1.15 bits per heavy atom. The molecule has 6 aliphatic heterocycles. The molecule has 6 fully saturated rings. The van der Waals surface area contributed by atoms with Gasteiger partial charge in [0.05, 0.1) is 48.1 Å². The molecule has 30 atom stereocenters. The number of ketones is 4. The van der Waals surface area contributed by atoms with Crippen LogP contribution < -0.4 is 9.44 Å². The number of esters is 2. The number of ether oxygens (including phenoxy) is 8. The Morgan fingerprint density at radius 2 is 0.807 bits per heavy atom. The molecule has 0 aromatic carbocycles. The van der Waals surface area contributed by atoms with Crippen molar-refractivity contribution < 1.29 is 124 Å². The molecule has 0 aromatic rings. The van der Waals surface area contributed by atoms with Crippen LogP contribution in [0.5, 0.6) is 0 Å². The number of fused-ring (bicyclic) bond motifs is 6. The molecule has 30 nitrogen and oxygen atoms in total. The minimum absolute atomic E-state index is 0.0204. The number of methoxy groups -OCH3 is 4. The van der Waals surface area contributed by atoms with Crippen molar-refractivity contribution in [1.29, 1.82) is 0 Å². The van der Waals surface area contributed by atoms with Crippen LogP contribution in [0.25, 0.3) is 0 Å². The van der Waals surface area contributed by atoms with Gasteiger partial charge in [-0.25, -0.2) is 35.9 Å². The number of rotatable bonds is 20. The quantitative estimate of drug-likeness (QED) is 0.0243. The van der Waals surface area contributed by atoms with E-state index in [2.05, 4.69) is 9.44 Å². The fourth-order valence-corrected chi connectivity index (χ4v) is 24.7. The maximum atomic E-state index is 14.5. The predicted octanol–water partition coefficient (Wildman–Crippen LogP) is 13.8. The summed E-state index contributed by atoms with van der Waals surface area (Å²) in [5.41, 5.74) is 2.42. The molecule has 8 N–H and O–H groups in total. The minimum Gasteiger partial charge on any atom is -0.461 e. The van der Waals surface area contributed by atoms with Gasteiger partial charge in [0.15, 0.2) is 11.6 Å². The van der Waals surface area contributed by atoms with Gasteiger partial charge < -0.3 is 78.3 Å². The third-order valence-corrected chi connectivity index (χ3v) is 33.8. The average Bonchev–Trinajstić information content (AvgIpc) is 0.772. The number of alkyl halides is 2. The zero-order valence-electron chi connectivity index (χ0n) is 86.5. The SMILES string of the molecule is CO[C@@H]1C[C@H](C[C@@H](C)[C@@H]2CC[C@H](C)/C=C(\C)[C@@H](O)[C@@H](OC)C(=O)[C@H](C)C[C@H](C)/C=C/C=C/C=C(\C)[C@@H](NS(=O)(=O)CCCCl)C[C@@H]3CC[C@@H](C)[C@@](O)(O3)C(=O)C(=O)N3CCCC[C@H]3C(=O)O2)CC[C@H]1O.CO[C@@H]1C[C@H](C[C@@H](C)[C@@H]2CC[C@H](C)/C=C(\C)[C@@H](O)[C@@H](OC)C(=O)[C@H](C)C[C@H](C)/C=C/C=C/C=C(\C)[C@H](NS(=O)(=O)CCCCl)C[C@@H]3CC[C@@H](C)[C@@](O)(O3)C(=O)C(=O)N3CCCC[C@H]3C(=O)O2)CC[C@H]1O. The topological polar surface area (TPSA) is 431 Å². The monoisotopic (exact) mass is 2050 g/mol. The molecule has 0 aromatic heterocycles. The number of nitrogens with zero attached hydrogens (tertiary/aromatic N) is 2. The van der Waals surface area contributed by atoms with Crippen LogP contribution in [0, 0.1) is 71.0 Å². The summed E-state index contributed by atoms with van der Waals surface area (Å²) in [7, 11) is -1.63. The lowest BCUT2D eigenvalue weighted by Crippen LogP contribution is -2.61. The molecule has 140 heavy (non-hydrogen) atoms. The Hall–Kier alpha value is -5.60. The summed E-state index contributed by atoms with van der Waals surface area (Å²) < 4.78 is 106. The lowest BCUT2D eigenvalue weighted by molar-refractivity contribution is -0.264. The Kier molecular flexibility index (Phi) is 50.5. The summed E-state index contributed by atoms with van der Waals surface area (Å²) in [6.45, 7) is 26.2. The fraction of sp³-hybridized carbons (Fsp3) is 0.774. The van der Waals surface area contributed by atoms with Crippen molar-refractivity contribution in [2.24, 2.45) is 71.0 Å². The number of aliphatic hydroxyl groups is 6. The number of cyclic esters (lactones) is 2. The highest BCUT2D eigenvalue weighted by atomic mass is 35.5. The number of carbonyl (C=O) groups is 8. The normalized spacial score (nSPS) is 38.6. The van der Waals surface area contributed by atoms with Crippen LogP contribution in [-0.4, -0.2) is 278 Å². The van der Waals surface area contributed by atoms with Crippen molar-refractivity contribution in [2.75, 3.05) is 64.8 Å². The van der Waals surface area contributed by atoms with Crippen LogP contribution in [0.15, 0.2) is 95.2 Å². The summed E-state index contributed by atoms with van der Waals surface area (Å²) in [6, 6.07) is -3.80. The van der Waals surface area contributed by atoms with E-state index in [1.807, 2.05) is 91.8 Å². The second-order valence-electron chi connectivity index (χ2n) is 42.0. The number of carbonyl (C=O) groups excluding carboxylic acids is 8. The molecule has 8 aliphatic rings. The highest BCUT2D eigenvalue weighted by molar-refractivity contribution is 7.89. The van der Waals surface area contributed by atoms with Crippen molar-refractivity contribution >= 4 is 90.1 Å². The highest BCUT2D eigenvalue weighted by Gasteiger charge is 2.56. The van der Waals surface area contributed by atoms with Gasteiger partial charge in [-0.2, -0.15) is 0 Å². The summed E-state index contributed by atoms with van der Waals surface area (Å²) in [4.78, 5) is 116. The van der Waals surface area contributed by atoms with Crippen LogP contribution in [0.4, 0.5) is 0 Å². The Labute approximate surface area is 844 Å². The number of nitrogens with one attached hydrogen (secondary N) is 2.